The Morgan fingerprint density at radius 1 is 0.972 bits per heavy atom. The van der Waals surface area contributed by atoms with Gasteiger partial charge < -0.3 is 9.84 Å². The summed E-state index contributed by atoms with van der Waals surface area (Å²) < 4.78 is 8.44. The Kier molecular flexibility index (Phi) is 7.49. The number of aliphatic hydroxyl groups is 1. The third-order valence-corrected chi connectivity index (χ3v) is 6.72. The molecule has 5 heteroatoms. The highest BCUT2D eigenvalue weighted by Crippen LogP contribution is 2.34. The van der Waals surface area contributed by atoms with Gasteiger partial charge in [-0.05, 0) is 74.4 Å². The molecule has 1 aliphatic rings. The zero-order chi connectivity index (χ0) is 24.9. The number of benzene rings is 3. The van der Waals surface area contributed by atoms with E-state index in [-0.39, 0.29) is 0 Å². The van der Waals surface area contributed by atoms with Crippen LogP contribution in [0.15, 0.2) is 84.9 Å². The van der Waals surface area contributed by atoms with Gasteiger partial charge in [0.2, 0.25) is 5.88 Å². The maximum absolute atomic E-state index is 11.0. The third-order valence-electron chi connectivity index (χ3n) is 6.72. The van der Waals surface area contributed by atoms with Crippen molar-refractivity contribution >= 4 is 0 Å². The summed E-state index contributed by atoms with van der Waals surface area (Å²) in [4.78, 5) is 2.38. The van der Waals surface area contributed by atoms with Crippen molar-refractivity contribution in [3.63, 3.8) is 0 Å². The third kappa shape index (κ3) is 6.23. The van der Waals surface area contributed by atoms with Gasteiger partial charge in [-0.3, -0.25) is 4.90 Å². The van der Waals surface area contributed by atoms with Crippen LogP contribution in [0, 0.1) is 19.8 Å². The topological polar surface area (TPSA) is 50.5 Å². The number of aliphatic hydroxyl groups excluding tert-OH is 1. The van der Waals surface area contributed by atoms with Gasteiger partial charge in [0, 0.05) is 19.6 Å². The number of ether oxygens (including phenoxy) is 1. The van der Waals surface area contributed by atoms with Crippen LogP contribution in [0.3, 0.4) is 0 Å². The number of para-hydroxylation sites is 1. The predicted octanol–water partition coefficient (Wildman–Crippen LogP) is 6.10. The minimum Gasteiger partial charge on any atom is -0.439 e. The lowest BCUT2D eigenvalue weighted by Crippen LogP contribution is -2.35. The number of hydrogen-bond donors (Lipinski definition) is 1. The molecule has 1 unspecified atom stereocenters. The van der Waals surface area contributed by atoms with Crippen molar-refractivity contribution in [2.45, 2.75) is 45.8 Å². The normalized spacial score (nSPS) is 14.2. The van der Waals surface area contributed by atoms with E-state index in [0.717, 1.165) is 46.2 Å². The SMILES string of the molecule is Cc1cccc(Oc2c(CN(CC(O)Cc3ccccc3)CC3CC3)c(C)nn2-c2ccccc2)c1. The predicted molar refractivity (Wildman–Crippen MR) is 144 cm³/mol. The molecule has 3 aromatic carbocycles. The van der Waals surface area contributed by atoms with Gasteiger partial charge in [-0.15, -0.1) is 0 Å². The summed E-state index contributed by atoms with van der Waals surface area (Å²) in [5.74, 6) is 2.24. The van der Waals surface area contributed by atoms with E-state index >= 15 is 0 Å². The van der Waals surface area contributed by atoms with Crippen molar-refractivity contribution in [3.8, 4) is 17.3 Å². The highest BCUT2D eigenvalue weighted by atomic mass is 16.5. The maximum atomic E-state index is 11.0. The molecule has 4 aromatic rings. The molecule has 1 aromatic heterocycles. The Morgan fingerprint density at radius 2 is 1.69 bits per heavy atom. The quantitative estimate of drug-likeness (QED) is 0.281. The fourth-order valence-corrected chi connectivity index (χ4v) is 4.70. The largest absolute Gasteiger partial charge is 0.439 e. The first kappa shape index (κ1) is 24.3. The second-order valence-electron chi connectivity index (χ2n) is 10.0. The fraction of sp³-hybridized carbons (Fsp3) is 0.323. The molecule has 36 heavy (non-hydrogen) atoms. The Hall–Kier alpha value is -3.41. The molecular weight excluding hydrogens is 446 g/mol. The van der Waals surface area contributed by atoms with Gasteiger partial charge >= 0.3 is 0 Å². The van der Waals surface area contributed by atoms with Crippen LogP contribution in [0.2, 0.25) is 0 Å². The number of aryl methyl sites for hydroxylation is 2. The first-order valence-electron chi connectivity index (χ1n) is 12.9. The number of rotatable bonds is 11. The summed E-state index contributed by atoms with van der Waals surface area (Å²) in [6.45, 7) is 6.39. The van der Waals surface area contributed by atoms with E-state index in [1.807, 2.05) is 78.3 Å². The number of nitrogens with zero attached hydrogens (tertiary/aromatic N) is 3. The Bertz CT molecular complexity index is 1270. The van der Waals surface area contributed by atoms with Crippen molar-refractivity contribution < 1.29 is 9.84 Å². The molecule has 186 valence electrons. The van der Waals surface area contributed by atoms with Gasteiger partial charge in [-0.2, -0.15) is 5.10 Å². The van der Waals surface area contributed by atoms with E-state index in [2.05, 4.69) is 30.0 Å². The van der Waals surface area contributed by atoms with Crippen LogP contribution in [-0.4, -0.2) is 39.0 Å². The molecule has 1 saturated carbocycles. The molecule has 1 heterocycles. The maximum Gasteiger partial charge on any atom is 0.227 e. The highest BCUT2D eigenvalue weighted by molar-refractivity contribution is 5.43. The molecule has 1 aliphatic carbocycles. The minimum absolute atomic E-state index is 0.434. The van der Waals surface area contributed by atoms with Crippen molar-refractivity contribution in [2.75, 3.05) is 13.1 Å². The summed E-state index contributed by atoms with van der Waals surface area (Å²) >= 11 is 0. The van der Waals surface area contributed by atoms with E-state index in [9.17, 15) is 5.11 Å². The first-order chi connectivity index (χ1) is 17.5. The van der Waals surface area contributed by atoms with Crippen LogP contribution >= 0.6 is 0 Å². The zero-order valence-corrected chi connectivity index (χ0v) is 21.2. The van der Waals surface area contributed by atoms with E-state index < -0.39 is 6.10 Å². The summed E-state index contributed by atoms with van der Waals surface area (Å²) in [6.07, 6.45) is 2.74. The minimum atomic E-state index is -0.434. The molecule has 0 aliphatic heterocycles. The standard InChI is InChI=1S/C31H35N3O2/c1-23-10-9-15-29(18-23)36-31-30(24(2)32-34(31)27-13-7-4-8-14-27)22-33(20-26-16-17-26)21-28(35)19-25-11-5-3-6-12-25/h3-15,18,26,28,35H,16-17,19-22H2,1-2H3. The number of aromatic nitrogens is 2. The average molecular weight is 482 g/mol. The van der Waals surface area contributed by atoms with Crippen molar-refractivity contribution in [1.29, 1.82) is 0 Å². The van der Waals surface area contributed by atoms with E-state index in [1.54, 1.807) is 0 Å². The van der Waals surface area contributed by atoms with Gasteiger partial charge in [-0.25, -0.2) is 4.68 Å². The molecule has 0 amide bonds. The average Bonchev–Trinajstić information content (AvgIpc) is 3.64. The summed E-state index contributed by atoms with van der Waals surface area (Å²) in [7, 11) is 0. The van der Waals surface area contributed by atoms with Crippen molar-refractivity contribution in [3.05, 3.63) is 107 Å². The fourth-order valence-electron chi connectivity index (χ4n) is 4.70. The highest BCUT2D eigenvalue weighted by Gasteiger charge is 2.28. The van der Waals surface area contributed by atoms with Crippen LogP contribution < -0.4 is 4.74 Å². The molecule has 0 radical (unpaired) electrons. The lowest BCUT2D eigenvalue weighted by Gasteiger charge is -2.25. The van der Waals surface area contributed by atoms with Crippen LogP contribution in [0.1, 0.15) is 35.2 Å². The van der Waals surface area contributed by atoms with Crippen LogP contribution in [-0.2, 0) is 13.0 Å². The molecule has 0 bridgehead atoms. The van der Waals surface area contributed by atoms with E-state index in [4.69, 9.17) is 9.84 Å². The second-order valence-corrected chi connectivity index (χ2v) is 10.0. The van der Waals surface area contributed by atoms with Gasteiger partial charge in [0.25, 0.3) is 0 Å². The first-order valence-corrected chi connectivity index (χ1v) is 12.9. The molecule has 0 saturated heterocycles. The van der Waals surface area contributed by atoms with Crippen LogP contribution in [0.25, 0.3) is 5.69 Å². The molecule has 5 rings (SSSR count). The molecule has 5 nitrogen and oxygen atoms in total. The summed E-state index contributed by atoms with van der Waals surface area (Å²) in [6, 6.07) is 28.5. The molecule has 0 spiro atoms. The summed E-state index contributed by atoms with van der Waals surface area (Å²) in [5, 5.41) is 15.9. The lowest BCUT2D eigenvalue weighted by atomic mass is 10.1. The number of hydrogen-bond acceptors (Lipinski definition) is 4. The molecular formula is C31H35N3O2. The van der Waals surface area contributed by atoms with E-state index in [1.165, 1.54) is 12.8 Å². The second kappa shape index (κ2) is 11.1. The molecule has 1 fully saturated rings. The smallest absolute Gasteiger partial charge is 0.227 e. The molecule has 1 atom stereocenters. The van der Waals surface area contributed by atoms with Gasteiger partial charge in [0.15, 0.2) is 0 Å². The zero-order valence-electron chi connectivity index (χ0n) is 21.2. The van der Waals surface area contributed by atoms with Crippen LogP contribution in [0.5, 0.6) is 11.6 Å². The Labute approximate surface area is 214 Å². The van der Waals surface area contributed by atoms with Crippen molar-refractivity contribution in [1.82, 2.24) is 14.7 Å². The van der Waals surface area contributed by atoms with Gasteiger partial charge in [-0.1, -0.05) is 60.7 Å². The van der Waals surface area contributed by atoms with Crippen LogP contribution in [0.4, 0.5) is 0 Å². The Balaban J connectivity index is 1.43. The Morgan fingerprint density at radius 3 is 2.39 bits per heavy atom. The summed E-state index contributed by atoms with van der Waals surface area (Å²) in [5.41, 5.74) is 5.28. The van der Waals surface area contributed by atoms with Gasteiger partial charge in [0.1, 0.15) is 5.75 Å². The van der Waals surface area contributed by atoms with E-state index in [0.29, 0.717) is 25.4 Å². The van der Waals surface area contributed by atoms with Gasteiger partial charge in [0.05, 0.1) is 23.0 Å². The van der Waals surface area contributed by atoms with Crippen molar-refractivity contribution in [2.24, 2.45) is 5.92 Å². The lowest BCUT2D eigenvalue weighted by molar-refractivity contribution is 0.105. The molecule has 1 N–H and O–H groups in total. The monoisotopic (exact) mass is 481 g/mol.